The van der Waals surface area contributed by atoms with E-state index in [1.807, 2.05) is 6.92 Å². The molecule has 2 rings (SSSR count). The van der Waals surface area contributed by atoms with Gasteiger partial charge in [0, 0.05) is 20.1 Å². The Morgan fingerprint density at radius 2 is 2.35 bits per heavy atom. The van der Waals surface area contributed by atoms with Gasteiger partial charge in [0.15, 0.2) is 5.78 Å². The molecular formula is C12H17ClN2O2. The first-order chi connectivity index (χ1) is 8.12. The number of Topliss-reactive ketones (excluding diaryl/α,β-unsaturated/α-hetero) is 1. The van der Waals surface area contributed by atoms with Crippen LogP contribution in [0.3, 0.4) is 0 Å². The summed E-state index contributed by atoms with van der Waals surface area (Å²) in [5, 5.41) is 4.51. The van der Waals surface area contributed by atoms with E-state index in [-0.39, 0.29) is 11.4 Å². The summed E-state index contributed by atoms with van der Waals surface area (Å²) < 4.78 is 7.11. The van der Waals surface area contributed by atoms with E-state index < -0.39 is 0 Å². The first-order valence-electron chi connectivity index (χ1n) is 5.91. The molecule has 0 radical (unpaired) electrons. The minimum Gasteiger partial charge on any atom is -0.378 e. The van der Waals surface area contributed by atoms with E-state index in [1.165, 1.54) is 6.20 Å². The van der Waals surface area contributed by atoms with Crippen LogP contribution in [0.1, 0.15) is 43.1 Å². The molecule has 1 aromatic heterocycles. The molecule has 94 valence electrons. The van der Waals surface area contributed by atoms with Crippen LogP contribution in [0.2, 0.25) is 5.02 Å². The lowest BCUT2D eigenvalue weighted by atomic mass is 9.76. The number of halogens is 1. The van der Waals surface area contributed by atoms with Gasteiger partial charge in [-0.15, -0.1) is 0 Å². The monoisotopic (exact) mass is 256 g/mol. The van der Waals surface area contributed by atoms with Gasteiger partial charge in [0.2, 0.25) is 0 Å². The molecule has 4 nitrogen and oxygen atoms in total. The fourth-order valence-electron chi connectivity index (χ4n) is 2.28. The van der Waals surface area contributed by atoms with Crippen LogP contribution in [-0.4, -0.2) is 28.3 Å². The third kappa shape index (κ3) is 2.24. The molecule has 0 saturated heterocycles. The van der Waals surface area contributed by atoms with Crippen molar-refractivity contribution in [2.24, 2.45) is 0 Å². The fourth-order valence-corrected chi connectivity index (χ4v) is 2.53. The van der Waals surface area contributed by atoms with Gasteiger partial charge in [-0.05, 0) is 26.2 Å². The highest BCUT2D eigenvalue weighted by Crippen LogP contribution is 2.39. The Balaban J connectivity index is 2.16. The molecule has 0 N–H and O–H groups in total. The quantitative estimate of drug-likeness (QED) is 0.761. The highest BCUT2D eigenvalue weighted by molar-refractivity contribution is 6.33. The maximum absolute atomic E-state index is 12.2. The Morgan fingerprint density at radius 3 is 2.82 bits per heavy atom. The Labute approximate surface area is 106 Å². The minimum absolute atomic E-state index is 0.0240. The molecule has 5 heteroatoms. The largest absolute Gasteiger partial charge is 0.378 e. The van der Waals surface area contributed by atoms with E-state index in [2.05, 4.69) is 5.10 Å². The van der Waals surface area contributed by atoms with Gasteiger partial charge in [-0.25, -0.2) is 0 Å². The molecule has 1 aromatic rings. The van der Waals surface area contributed by atoms with Gasteiger partial charge in [-0.3, -0.25) is 9.48 Å². The molecule has 0 amide bonds. The molecule has 1 fully saturated rings. The van der Waals surface area contributed by atoms with E-state index >= 15 is 0 Å². The molecule has 0 aromatic carbocycles. The van der Waals surface area contributed by atoms with E-state index in [9.17, 15) is 4.79 Å². The number of aryl methyl sites for hydroxylation is 1. The number of ether oxygens (including phenoxy) is 1. The zero-order chi connectivity index (χ0) is 12.5. The topological polar surface area (TPSA) is 44.1 Å². The van der Waals surface area contributed by atoms with Gasteiger partial charge in [0.05, 0.1) is 16.8 Å². The summed E-state index contributed by atoms with van der Waals surface area (Å²) >= 11 is 6.01. The van der Waals surface area contributed by atoms with Crippen molar-refractivity contribution < 1.29 is 9.53 Å². The maximum Gasteiger partial charge on any atom is 0.185 e. The first kappa shape index (κ1) is 12.6. The highest BCUT2D eigenvalue weighted by Gasteiger charge is 2.40. The van der Waals surface area contributed by atoms with Crippen LogP contribution in [0, 0.1) is 0 Å². The Morgan fingerprint density at radius 1 is 1.65 bits per heavy atom. The number of rotatable bonds is 5. The lowest BCUT2D eigenvalue weighted by molar-refractivity contribution is -0.0706. The lowest BCUT2D eigenvalue weighted by Gasteiger charge is -2.40. The van der Waals surface area contributed by atoms with Gasteiger partial charge in [-0.2, -0.15) is 5.10 Å². The second kappa shape index (κ2) is 4.78. The van der Waals surface area contributed by atoms with Crippen molar-refractivity contribution in [1.29, 1.82) is 0 Å². The number of nitrogens with zero attached hydrogens (tertiary/aromatic N) is 2. The second-order valence-electron chi connectivity index (χ2n) is 4.50. The number of carbonyl (C=O) groups excluding carboxylic acids is 1. The minimum atomic E-state index is -0.261. The molecule has 1 aliphatic rings. The van der Waals surface area contributed by atoms with E-state index in [4.69, 9.17) is 16.3 Å². The first-order valence-corrected chi connectivity index (χ1v) is 6.29. The zero-order valence-electron chi connectivity index (χ0n) is 10.2. The molecule has 0 unspecified atom stereocenters. The maximum atomic E-state index is 12.2. The van der Waals surface area contributed by atoms with Crippen molar-refractivity contribution in [2.45, 2.75) is 44.8 Å². The Bertz CT molecular complexity index is 419. The number of ketones is 1. The summed E-state index contributed by atoms with van der Waals surface area (Å²) in [6, 6.07) is 0. The molecule has 1 aliphatic carbocycles. The number of carbonyl (C=O) groups is 1. The molecule has 0 atom stereocenters. The zero-order valence-corrected chi connectivity index (χ0v) is 11.0. The summed E-state index contributed by atoms with van der Waals surface area (Å²) in [5.74, 6) is 0.0240. The van der Waals surface area contributed by atoms with Crippen LogP contribution in [0.25, 0.3) is 0 Å². The summed E-state index contributed by atoms with van der Waals surface area (Å²) in [7, 11) is 1.67. The van der Waals surface area contributed by atoms with Crippen LogP contribution < -0.4 is 0 Å². The normalized spacial score (nSPS) is 17.8. The van der Waals surface area contributed by atoms with Crippen LogP contribution in [-0.2, 0) is 11.3 Å². The number of aromatic nitrogens is 2. The summed E-state index contributed by atoms with van der Waals surface area (Å²) in [5.41, 5.74) is 0.251. The third-order valence-electron chi connectivity index (χ3n) is 3.54. The Hall–Kier alpha value is -0.870. The second-order valence-corrected chi connectivity index (χ2v) is 4.90. The average Bonchev–Trinajstić information content (AvgIpc) is 2.64. The SMILES string of the molecule is CCn1ncc(Cl)c1C(=O)CC1(OC)CCC1. The van der Waals surface area contributed by atoms with Gasteiger partial charge in [0.25, 0.3) is 0 Å². The predicted molar refractivity (Wildman–Crippen MR) is 65.4 cm³/mol. The Kier molecular flexibility index (Phi) is 3.54. The van der Waals surface area contributed by atoms with Crippen LogP contribution in [0.5, 0.6) is 0 Å². The number of hydrogen-bond donors (Lipinski definition) is 0. The van der Waals surface area contributed by atoms with Crippen LogP contribution in [0.4, 0.5) is 0 Å². The summed E-state index contributed by atoms with van der Waals surface area (Å²) in [4.78, 5) is 12.2. The molecule has 1 heterocycles. The molecular weight excluding hydrogens is 240 g/mol. The number of hydrogen-bond acceptors (Lipinski definition) is 3. The standard InChI is InChI=1S/C12H17ClN2O2/c1-3-15-11(9(13)8-14-15)10(16)7-12(17-2)5-4-6-12/h8H,3-7H2,1-2H3. The van der Waals surface area contributed by atoms with E-state index in [0.29, 0.717) is 23.7 Å². The average molecular weight is 257 g/mol. The van der Waals surface area contributed by atoms with E-state index in [1.54, 1.807) is 11.8 Å². The molecule has 1 saturated carbocycles. The summed E-state index contributed by atoms with van der Waals surface area (Å²) in [6.07, 6.45) is 4.95. The smallest absolute Gasteiger partial charge is 0.185 e. The van der Waals surface area contributed by atoms with Gasteiger partial charge in [0.1, 0.15) is 5.69 Å². The van der Waals surface area contributed by atoms with Crippen molar-refractivity contribution in [1.82, 2.24) is 9.78 Å². The number of methoxy groups -OCH3 is 1. The lowest BCUT2D eigenvalue weighted by Crippen LogP contribution is -2.41. The molecule has 0 aliphatic heterocycles. The predicted octanol–water partition coefficient (Wildman–Crippen LogP) is 2.70. The molecule has 0 bridgehead atoms. The third-order valence-corrected chi connectivity index (χ3v) is 3.82. The fraction of sp³-hybridized carbons (Fsp3) is 0.667. The van der Waals surface area contributed by atoms with Crippen molar-refractivity contribution >= 4 is 17.4 Å². The van der Waals surface area contributed by atoms with Gasteiger partial charge < -0.3 is 4.74 Å². The van der Waals surface area contributed by atoms with Crippen molar-refractivity contribution in [3.63, 3.8) is 0 Å². The molecule has 0 spiro atoms. The van der Waals surface area contributed by atoms with Gasteiger partial charge >= 0.3 is 0 Å². The van der Waals surface area contributed by atoms with Crippen molar-refractivity contribution in [3.05, 3.63) is 16.9 Å². The van der Waals surface area contributed by atoms with E-state index in [0.717, 1.165) is 19.3 Å². The van der Waals surface area contributed by atoms with Crippen molar-refractivity contribution in [3.8, 4) is 0 Å². The molecule has 17 heavy (non-hydrogen) atoms. The van der Waals surface area contributed by atoms with Crippen molar-refractivity contribution in [2.75, 3.05) is 7.11 Å². The van der Waals surface area contributed by atoms with Crippen LogP contribution >= 0.6 is 11.6 Å². The highest BCUT2D eigenvalue weighted by atomic mass is 35.5. The summed E-state index contributed by atoms with van der Waals surface area (Å²) in [6.45, 7) is 2.59. The van der Waals surface area contributed by atoms with Gasteiger partial charge in [-0.1, -0.05) is 11.6 Å². The van der Waals surface area contributed by atoms with Crippen LogP contribution in [0.15, 0.2) is 6.20 Å².